The summed E-state index contributed by atoms with van der Waals surface area (Å²) in [6.07, 6.45) is 1.88. The molecule has 1 unspecified atom stereocenters. The molecule has 0 aliphatic rings. The summed E-state index contributed by atoms with van der Waals surface area (Å²) in [5.41, 5.74) is 8.25. The summed E-state index contributed by atoms with van der Waals surface area (Å²) in [6.45, 7) is 6.55. The van der Waals surface area contributed by atoms with Crippen molar-refractivity contribution in [2.45, 2.75) is 13.0 Å². The van der Waals surface area contributed by atoms with E-state index in [1.807, 2.05) is 26.1 Å². The quantitative estimate of drug-likeness (QED) is 0.851. The highest BCUT2D eigenvalue weighted by Crippen LogP contribution is 2.27. The highest BCUT2D eigenvalue weighted by Gasteiger charge is 2.10. The van der Waals surface area contributed by atoms with E-state index in [9.17, 15) is 0 Å². The maximum atomic E-state index is 5.94. The summed E-state index contributed by atoms with van der Waals surface area (Å²) in [5.74, 6) is 0. The van der Waals surface area contributed by atoms with Crippen LogP contribution in [-0.4, -0.2) is 13.6 Å². The predicted octanol–water partition coefficient (Wildman–Crippen LogP) is 3.09. The molecule has 2 nitrogen and oxygen atoms in total. The van der Waals surface area contributed by atoms with E-state index < -0.39 is 0 Å². The monoisotopic (exact) mass is 268 g/mol. The molecule has 0 aliphatic heterocycles. The second kappa shape index (κ2) is 5.33. The average molecular weight is 269 g/mol. The van der Waals surface area contributed by atoms with Gasteiger partial charge in [0, 0.05) is 29.8 Å². The molecule has 0 fully saturated rings. The third-order valence-corrected chi connectivity index (χ3v) is 2.79. The number of nitrogens with zero attached hydrogens (tertiary/aromatic N) is 1. The first-order chi connectivity index (χ1) is 7.06. The van der Waals surface area contributed by atoms with Crippen LogP contribution in [0.3, 0.4) is 0 Å². The van der Waals surface area contributed by atoms with Gasteiger partial charge in [-0.05, 0) is 30.7 Å². The Bertz CT molecular complexity index is 347. The van der Waals surface area contributed by atoms with Gasteiger partial charge in [0.2, 0.25) is 0 Å². The third-order valence-electron chi connectivity index (χ3n) is 2.29. The minimum absolute atomic E-state index is 0.0322. The van der Waals surface area contributed by atoms with Crippen molar-refractivity contribution in [3.05, 3.63) is 40.9 Å². The number of likely N-dealkylation sites (N-methyl/N-ethyl adjacent to an activating group) is 1. The fraction of sp³-hybridized carbons (Fsp3) is 0.333. The van der Waals surface area contributed by atoms with Gasteiger partial charge in [-0.15, -0.1) is 6.58 Å². The van der Waals surface area contributed by atoms with Crippen LogP contribution in [0, 0.1) is 0 Å². The molecular weight excluding hydrogens is 252 g/mol. The van der Waals surface area contributed by atoms with Crippen molar-refractivity contribution >= 4 is 21.6 Å². The van der Waals surface area contributed by atoms with Gasteiger partial charge in [-0.1, -0.05) is 22.0 Å². The van der Waals surface area contributed by atoms with E-state index in [2.05, 4.69) is 39.5 Å². The summed E-state index contributed by atoms with van der Waals surface area (Å²) in [6, 6.07) is 6.21. The molecule has 0 saturated heterocycles. The smallest absolute Gasteiger partial charge is 0.0415 e. The molecule has 15 heavy (non-hydrogen) atoms. The van der Waals surface area contributed by atoms with Gasteiger partial charge in [-0.3, -0.25) is 0 Å². The average Bonchev–Trinajstić information content (AvgIpc) is 2.17. The summed E-state index contributed by atoms with van der Waals surface area (Å²) in [7, 11) is 2.04. The fourth-order valence-electron chi connectivity index (χ4n) is 1.53. The largest absolute Gasteiger partial charge is 0.371 e. The van der Waals surface area contributed by atoms with Gasteiger partial charge in [0.15, 0.2) is 0 Å². The third kappa shape index (κ3) is 3.08. The van der Waals surface area contributed by atoms with Crippen molar-refractivity contribution in [3.8, 4) is 0 Å². The highest BCUT2D eigenvalue weighted by molar-refractivity contribution is 9.10. The molecule has 0 saturated carbocycles. The zero-order valence-corrected chi connectivity index (χ0v) is 10.8. The second-order valence-corrected chi connectivity index (χ2v) is 4.58. The Morgan fingerprint density at radius 1 is 1.60 bits per heavy atom. The van der Waals surface area contributed by atoms with Crippen LogP contribution in [0.2, 0.25) is 0 Å². The van der Waals surface area contributed by atoms with Crippen LogP contribution in [0.25, 0.3) is 0 Å². The van der Waals surface area contributed by atoms with Crippen LogP contribution in [0.15, 0.2) is 35.3 Å². The Morgan fingerprint density at radius 2 is 2.27 bits per heavy atom. The lowest BCUT2D eigenvalue weighted by atomic mass is 10.1. The zero-order valence-electron chi connectivity index (χ0n) is 9.20. The molecule has 0 amide bonds. The molecule has 82 valence electrons. The lowest BCUT2D eigenvalue weighted by Crippen LogP contribution is -2.20. The molecule has 0 aromatic heterocycles. The van der Waals surface area contributed by atoms with Gasteiger partial charge in [-0.25, -0.2) is 0 Å². The van der Waals surface area contributed by atoms with Crippen molar-refractivity contribution in [1.29, 1.82) is 0 Å². The number of halogens is 1. The van der Waals surface area contributed by atoms with E-state index in [-0.39, 0.29) is 6.04 Å². The van der Waals surface area contributed by atoms with Gasteiger partial charge in [0.25, 0.3) is 0 Å². The summed E-state index contributed by atoms with van der Waals surface area (Å²) < 4.78 is 1.06. The van der Waals surface area contributed by atoms with Crippen LogP contribution < -0.4 is 10.6 Å². The summed E-state index contributed by atoms with van der Waals surface area (Å²) in [4.78, 5) is 2.14. The molecular formula is C12H17BrN2. The lowest BCUT2D eigenvalue weighted by molar-refractivity contribution is 0.809. The van der Waals surface area contributed by atoms with Crippen LogP contribution in [0.1, 0.15) is 18.5 Å². The fourth-order valence-corrected chi connectivity index (χ4v) is 1.91. The first-order valence-electron chi connectivity index (χ1n) is 4.93. The topological polar surface area (TPSA) is 29.3 Å². The number of nitrogens with two attached hydrogens (primary N) is 1. The van der Waals surface area contributed by atoms with Crippen molar-refractivity contribution in [1.82, 2.24) is 0 Å². The van der Waals surface area contributed by atoms with Gasteiger partial charge in [0.1, 0.15) is 0 Å². The molecule has 0 heterocycles. The van der Waals surface area contributed by atoms with E-state index in [0.717, 1.165) is 22.3 Å². The number of benzene rings is 1. The second-order valence-electron chi connectivity index (χ2n) is 3.66. The zero-order chi connectivity index (χ0) is 11.4. The van der Waals surface area contributed by atoms with E-state index in [1.54, 1.807) is 0 Å². The van der Waals surface area contributed by atoms with Crippen LogP contribution in [0.4, 0.5) is 5.69 Å². The summed E-state index contributed by atoms with van der Waals surface area (Å²) >= 11 is 3.46. The molecule has 0 radical (unpaired) electrons. The SMILES string of the molecule is C=CCN(C)c1ccc(Br)cc1C(C)N. The summed E-state index contributed by atoms with van der Waals surface area (Å²) in [5, 5.41) is 0. The van der Waals surface area contributed by atoms with Gasteiger partial charge >= 0.3 is 0 Å². The van der Waals surface area contributed by atoms with E-state index in [1.165, 1.54) is 0 Å². The lowest BCUT2D eigenvalue weighted by Gasteiger charge is -2.22. The van der Waals surface area contributed by atoms with Gasteiger partial charge in [-0.2, -0.15) is 0 Å². The maximum Gasteiger partial charge on any atom is 0.0415 e. The molecule has 0 aliphatic carbocycles. The standard InChI is InChI=1S/C12H17BrN2/c1-4-7-15(3)12-6-5-10(13)8-11(12)9(2)14/h4-6,8-9H,1,7,14H2,2-3H3. The Hall–Kier alpha value is -0.800. The Balaban J connectivity index is 3.10. The Kier molecular flexibility index (Phi) is 4.36. The molecule has 2 N–H and O–H groups in total. The highest BCUT2D eigenvalue weighted by atomic mass is 79.9. The molecule has 1 atom stereocenters. The molecule has 3 heteroatoms. The predicted molar refractivity (Wildman–Crippen MR) is 70.2 cm³/mol. The molecule has 0 spiro atoms. The van der Waals surface area contributed by atoms with E-state index in [4.69, 9.17) is 5.73 Å². The molecule has 1 aromatic carbocycles. The van der Waals surface area contributed by atoms with E-state index in [0.29, 0.717) is 0 Å². The normalized spacial score (nSPS) is 12.3. The molecule has 1 aromatic rings. The molecule has 1 rings (SSSR count). The number of hydrogen-bond donors (Lipinski definition) is 1. The van der Waals surface area contributed by atoms with Crippen LogP contribution >= 0.6 is 15.9 Å². The van der Waals surface area contributed by atoms with Crippen LogP contribution in [-0.2, 0) is 0 Å². The van der Waals surface area contributed by atoms with Crippen molar-refractivity contribution in [2.75, 3.05) is 18.5 Å². The van der Waals surface area contributed by atoms with Crippen molar-refractivity contribution in [2.24, 2.45) is 5.73 Å². The van der Waals surface area contributed by atoms with Crippen LogP contribution in [0.5, 0.6) is 0 Å². The maximum absolute atomic E-state index is 5.94. The van der Waals surface area contributed by atoms with Crippen molar-refractivity contribution < 1.29 is 0 Å². The Morgan fingerprint density at radius 3 is 2.80 bits per heavy atom. The Labute approximate surface area is 99.9 Å². The van der Waals surface area contributed by atoms with E-state index >= 15 is 0 Å². The van der Waals surface area contributed by atoms with Gasteiger partial charge in [0.05, 0.1) is 0 Å². The number of hydrogen-bond acceptors (Lipinski definition) is 2. The number of rotatable bonds is 4. The molecule has 0 bridgehead atoms. The first kappa shape index (κ1) is 12.3. The minimum Gasteiger partial charge on any atom is -0.371 e. The number of anilines is 1. The van der Waals surface area contributed by atoms with Crippen molar-refractivity contribution in [3.63, 3.8) is 0 Å². The van der Waals surface area contributed by atoms with Gasteiger partial charge < -0.3 is 10.6 Å². The minimum atomic E-state index is 0.0322. The first-order valence-corrected chi connectivity index (χ1v) is 5.72.